The molecule has 0 heterocycles. The molecule has 0 aromatic carbocycles. The molecule has 130 valence electrons. The lowest BCUT2D eigenvalue weighted by Crippen LogP contribution is -2.33. The van der Waals surface area contributed by atoms with Crippen molar-refractivity contribution in [2.45, 2.75) is 44.3 Å². The summed E-state index contributed by atoms with van der Waals surface area (Å²) < 4.78 is 96.6. The van der Waals surface area contributed by atoms with Crippen LogP contribution in [0.5, 0.6) is 0 Å². The zero-order valence-electron chi connectivity index (χ0n) is 11.8. The van der Waals surface area contributed by atoms with E-state index in [-0.39, 0.29) is 6.42 Å². The first-order valence-corrected chi connectivity index (χ1v) is 7.96. The highest BCUT2D eigenvalue weighted by molar-refractivity contribution is 7.53. The van der Waals surface area contributed by atoms with E-state index in [4.69, 9.17) is 0 Å². The fourth-order valence-electron chi connectivity index (χ4n) is 1.30. The van der Waals surface area contributed by atoms with Gasteiger partial charge in [-0.25, -0.2) is 0 Å². The molecule has 2 unspecified atom stereocenters. The van der Waals surface area contributed by atoms with Gasteiger partial charge in [-0.05, 0) is 6.42 Å². The van der Waals surface area contributed by atoms with E-state index in [9.17, 15) is 30.9 Å². The van der Waals surface area contributed by atoms with Crippen molar-refractivity contribution in [3.63, 3.8) is 0 Å². The molecule has 0 amide bonds. The molecule has 22 heavy (non-hydrogen) atoms. The van der Waals surface area contributed by atoms with E-state index in [1.807, 2.05) is 0 Å². The van der Waals surface area contributed by atoms with Crippen molar-refractivity contribution in [2.75, 3.05) is 6.16 Å². The first-order chi connectivity index (χ1) is 9.89. The number of rotatable bonds is 9. The first-order valence-electron chi connectivity index (χ1n) is 6.24. The van der Waals surface area contributed by atoms with Crippen LogP contribution in [0.1, 0.15) is 19.8 Å². The first kappa shape index (κ1) is 21.2. The molecular formula is C12H17F6O3P. The summed E-state index contributed by atoms with van der Waals surface area (Å²) in [5.74, 6) is 0. The van der Waals surface area contributed by atoms with E-state index in [1.165, 1.54) is 0 Å². The van der Waals surface area contributed by atoms with Crippen molar-refractivity contribution in [1.29, 1.82) is 0 Å². The van der Waals surface area contributed by atoms with Gasteiger partial charge in [-0.3, -0.25) is 13.6 Å². The SMILES string of the molecule is C=CC(OP(=O)(CCCC)OC(C=C)C(F)(F)F)C(F)(F)F. The van der Waals surface area contributed by atoms with Crippen LogP contribution in [-0.4, -0.2) is 30.7 Å². The van der Waals surface area contributed by atoms with Crippen LogP contribution in [0.4, 0.5) is 26.3 Å². The summed E-state index contributed by atoms with van der Waals surface area (Å²) in [5, 5.41) is 0. The van der Waals surface area contributed by atoms with Gasteiger partial charge in [-0.2, -0.15) is 26.3 Å². The summed E-state index contributed by atoms with van der Waals surface area (Å²) >= 11 is 0. The summed E-state index contributed by atoms with van der Waals surface area (Å²) in [4.78, 5) is 0. The van der Waals surface area contributed by atoms with Crippen LogP contribution in [0.2, 0.25) is 0 Å². The van der Waals surface area contributed by atoms with Gasteiger partial charge in [0.15, 0.2) is 12.2 Å². The zero-order valence-corrected chi connectivity index (χ0v) is 12.7. The Balaban J connectivity index is 5.35. The predicted molar refractivity (Wildman–Crippen MR) is 69.6 cm³/mol. The monoisotopic (exact) mass is 354 g/mol. The Bertz CT molecular complexity index is 386. The highest BCUT2D eigenvalue weighted by Gasteiger charge is 2.47. The van der Waals surface area contributed by atoms with E-state index in [0.717, 1.165) is 0 Å². The van der Waals surface area contributed by atoms with Crippen molar-refractivity contribution < 1.29 is 40.0 Å². The summed E-state index contributed by atoms with van der Waals surface area (Å²) in [6, 6.07) is 0. The number of hydrogen-bond acceptors (Lipinski definition) is 3. The van der Waals surface area contributed by atoms with Gasteiger partial charge in [0.05, 0.1) is 6.16 Å². The molecule has 0 spiro atoms. The van der Waals surface area contributed by atoms with Crippen molar-refractivity contribution in [2.24, 2.45) is 0 Å². The van der Waals surface area contributed by atoms with Gasteiger partial charge in [0.25, 0.3) is 0 Å². The molecule has 0 aliphatic carbocycles. The average molecular weight is 354 g/mol. The lowest BCUT2D eigenvalue weighted by atomic mass is 10.3. The Morgan fingerprint density at radius 2 is 1.36 bits per heavy atom. The highest BCUT2D eigenvalue weighted by Crippen LogP contribution is 2.54. The maximum Gasteiger partial charge on any atom is 0.418 e. The van der Waals surface area contributed by atoms with Crippen LogP contribution >= 0.6 is 7.60 Å². The summed E-state index contributed by atoms with van der Waals surface area (Å²) in [6.07, 6.45) is -14.8. The minimum atomic E-state index is -4.96. The standard InChI is InChI=1S/C12H17F6O3P/c1-4-7-8-22(19,20-9(5-2)11(13,14)15)21-10(6-3)12(16,17)18/h5-6,9-10H,2-4,7-8H2,1H3. The number of halogens is 6. The van der Waals surface area contributed by atoms with Crippen molar-refractivity contribution in [1.82, 2.24) is 0 Å². The second-order valence-corrected chi connectivity index (χ2v) is 6.39. The number of unbranched alkanes of at least 4 members (excludes halogenated alkanes) is 1. The lowest BCUT2D eigenvalue weighted by molar-refractivity contribution is -0.194. The van der Waals surface area contributed by atoms with E-state index < -0.39 is 38.3 Å². The zero-order chi connectivity index (χ0) is 17.6. The third kappa shape index (κ3) is 6.98. The Labute approximate surface area is 124 Å². The van der Waals surface area contributed by atoms with E-state index >= 15 is 0 Å². The van der Waals surface area contributed by atoms with Gasteiger partial charge in [0, 0.05) is 0 Å². The maximum absolute atomic E-state index is 12.6. The van der Waals surface area contributed by atoms with Gasteiger partial charge in [0.1, 0.15) is 0 Å². The summed E-state index contributed by atoms with van der Waals surface area (Å²) in [7, 11) is -4.66. The van der Waals surface area contributed by atoms with Crippen LogP contribution < -0.4 is 0 Å². The number of hydrogen-bond donors (Lipinski definition) is 0. The average Bonchev–Trinajstić information content (AvgIpc) is 2.37. The van der Waals surface area contributed by atoms with Crippen LogP contribution in [0.3, 0.4) is 0 Å². The third-order valence-electron chi connectivity index (χ3n) is 2.41. The molecule has 2 atom stereocenters. The smallest absolute Gasteiger partial charge is 0.291 e. The molecule has 0 saturated heterocycles. The van der Waals surface area contributed by atoms with Gasteiger partial charge in [-0.15, -0.1) is 13.2 Å². The molecule has 0 aliphatic heterocycles. The third-order valence-corrected chi connectivity index (χ3v) is 4.37. The Morgan fingerprint density at radius 3 is 1.59 bits per heavy atom. The van der Waals surface area contributed by atoms with Crippen molar-refractivity contribution in [3.05, 3.63) is 25.3 Å². The fraction of sp³-hybridized carbons (Fsp3) is 0.667. The minimum absolute atomic E-state index is 0.0702. The van der Waals surface area contributed by atoms with E-state index in [0.29, 0.717) is 18.6 Å². The molecule has 0 N–H and O–H groups in total. The predicted octanol–water partition coefficient (Wildman–Crippen LogP) is 5.25. The van der Waals surface area contributed by atoms with Crippen LogP contribution in [0.15, 0.2) is 25.3 Å². The molecule has 0 bridgehead atoms. The van der Waals surface area contributed by atoms with E-state index in [1.54, 1.807) is 6.92 Å². The van der Waals surface area contributed by atoms with Crippen LogP contribution in [0.25, 0.3) is 0 Å². The largest absolute Gasteiger partial charge is 0.418 e. The van der Waals surface area contributed by atoms with Gasteiger partial charge >= 0.3 is 19.9 Å². The van der Waals surface area contributed by atoms with Gasteiger partial charge in [-0.1, -0.05) is 25.5 Å². The highest BCUT2D eigenvalue weighted by atomic mass is 31.2. The molecule has 0 aromatic rings. The molecular weight excluding hydrogens is 337 g/mol. The van der Waals surface area contributed by atoms with Crippen LogP contribution in [-0.2, 0) is 13.6 Å². The molecule has 0 fully saturated rings. The second-order valence-electron chi connectivity index (χ2n) is 4.29. The summed E-state index contributed by atoms with van der Waals surface area (Å²) in [5.41, 5.74) is 0. The van der Waals surface area contributed by atoms with Gasteiger partial charge in [0.2, 0.25) is 0 Å². The molecule has 0 saturated carbocycles. The van der Waals surface area contributed by atoms with Gasteiger partial charge < -0.3 is 0 Å². The molecule has 0 aliphatic rings. The van der Waals surface area contributed by atoms with E-state index in [2.05, 4.69) is 22.2 Å². The quantitative estimate of drug-likeness (QED) is 0.322. The molecule has 10 heteroatoms. The Morgan fingerprint density at radius 1 is 1.00 bits per heavy atom. The molecule has 3 nitrogen and oxygen atoms in total. The topological polar surface area (TPSA) is 35.5 Å². The second kappa shape index (κ2) is 8.17. The molecule has 0 rings (SSSR count). The molecule has 0 radical (unpaired) electrons. The fourth-order valence-corrected chi connectivity index (χ4v) is 3.37. The minimum Gasteiger partial charge on any atom is -0.291 e. The van der Waals surface area contributed by atoms with Crippen molar-refractivity contribution >= 4 is 7.60 Å². The molecule has 0 aromatic heterocycles. The van der Waals surface area contributed by atoms with Crippen molar-refractivity contribution in [3.8, 4) is 0 Å². The Hall–Kier alpha value is -0.790. The Kier molecular flexibility index (Phi) is 7.88. The normalized spacial score (nSPS) is 18.3. The summed E-state index contributed by atoms with van der Waals surface area (Å²) in [6.45, 7) is 7.37. The number of alkyl halides is 6. The maximum atomic E-state index is 12.6. The lowest BCUT2D eigenvalue weighted by Gasteiger charge is -2.27. The van der Waals surface area contributed by atoms with Crippen LogP contribution in [0, 0.1) is 0 Å².